The summed E-state index contributed by atoms with van der Waals surface area (Å²) in [4.78, 5) is 38.0. The van der Waals surface area contributed by atoms with E-state index in [-0.39, 0.29) is 31.1 Å². The fraction of sp³-hybridized carbons (Fsp3) is 0.947. The Hall–Kier alpha value is -1.59. The second-order valence-electron chi connectivity index (χ2n) is 20.8. The van der Waals surface area contributed by atoms with E-state index in [0.717, 1.165) is 75.5 Å². The Kier molecular flexibility index (Phi) is 47.1. The van der Waals surface area contributed by atoms with Crippen LogP contribution in [0.4, 0.5) is 0 Å². The van der Waals surface area contributed by atoms with Gasteiger partial charge in [-0.25, -0.2) is 0 Å². The Labute approximate surface area is 393 Å². The largest absolute Gasteiger partial charge is 0.462 e. The first-order valence-corrected chi connectivity index (χ1v) is 28.1. The van der Waals surface area contributed by atoms with E-state index in [9.17, 15) is 14.4 Å². The molecule has 0 aliphatic carbocycles. The van der Waals surface area contributed by atoms with Crippen molar-refractivity contribution < 1.29 is 28.6 Å². The van der Waals surface area contributed by atoms with Gasteiger partial charge in [0.05, 0.1) is 0 Å². The Bertz CT molecular complexity index is 978. The van der Waals surface area contributed by atoms with Crippen molar-refractivity contribution in [3.63, 3.8) is 0 Å². The predicted octanol–water partition coefficient (Wildman–Crippen LogP) is 18.3. The molecule has 2 atom stereocenters. The van der Waals surface area contributed by atoms with Crippen molar-refractivity contribution in [1.29, 1.82) is 0 Å². The maximum Gasteiger partial charge on any atom is 0.306 e. The molecule has 1 unspecified atom stereocenters. The monoisotopic (exact) mass is 891 g/mol. The molecular weight excluding hydrogens is 781 g/mol. The minimum Gasteiger partial charge on any atom is -0.462 e. The van der Waals surface area contributed by atoms with Gasteiger partial charge in [0.15, 0.2) is 6.10 Å². The molecule has 0 N–H and O–H groups in total. The molecule has 0 amide bonds. The first-order valence-electron chi connectivity index (χ1n) is 28.1. The lowest BCUT2D eigenvalue weighted by atomic mass is 9.99. The van der Waals surface area contributed by atoms with Crippen LogP contribution < -0.4 is 0 Å². The molecule has 0 saturated heterocycles. The Morgan fingerprint density at radius 1 is 0.317 bits per heavy atom. The summed E-state index contributed by atoms with van der Waals surface area (Å²) in [7, 11) is 0. The van der Waals surface area contributed by atoms with Crippen LogP contribution in [-0.4, -0.2) is 37.2 Å². The highest BCUT2D eigenvalue weighted by atomic mass is 16.6. The number of hydrogen-bond acceptors (Lipinski definition) is 6. The molecule has 6 nitrogen and oxygen atoms in total. The van der Waals surface area contributed by atoms with Crippen LogP contribution in [0.3, 0.4) is 0 Å². The molecule has 0 spiro atoms. The summed E-state index contributed by atoms with van der Waals surface area (Å²) in [6, 6.07) is 0. The van der Waals surface area contributed by atoms with Crippen LogP contribution >= 0.6 is 0 Å². The molecule has 6 heteroatoms. The van der Waals surface area contributed by atoms with E-state index in [0.29, 0.717) is 19.3 Å². The van der Waals surface area contributed by atoms with E-state index < -0.39 is 6.10 Å². The number of rotatable bonds is 50. The van der Waals surface area contributed by atoms with E-state index in [1.807, 2.05) is 0 Å². The number of unbranched alkanes of at least 4 members (excludes halogenated alkanes) is 32. The zero-order valence-electron chi connectivity index (χ0n) is 43.4. The fourth-order valence-corrected chi connectivity index (χ4v) is 8.61. The maximum absolute atomic E-state index is 12.8. The SMILES string of the molecule is CCC(C)CCCCCCCCCCCCCCCCCCCCC(=O)OC[C@@H](COC(=O)CCCCCCCCCCC(C)C)OC(=O)CCCCCCCCCCCC(C)C. The van der Waals surface area contributed by atoms with Crippen molar-refractivity contribution in [3.8, 4) is 0 Å². The van der Waals surface area contributed by atoms with Crippen molar-refractivity contribution in [3.05, 3.63) is 0 Å². The second kappa shape index (κ2) is 48.3. The number of esters is 3. The quantitative estimate of drug-likeness (QED) is 0.0344. The van der Waals surface area contributed by atoms with Crippen LogP contribution in [0.1, 0.15) is 311 Å². The van der Waals surface area contributed by atoms with Crippen molar-refractivity contribution in [1.82, 2.24) is 0 Å². The summed E-state index contributed by atoms with van der Waals surface area (Å²) in [6.45, 7) is 13.7. The van der Waals surface area contributed by atoms with Crippen LogP contribution in [0.5, 0.6) is 0 Å². The molecule has 0 aliphatic rings. The lowest BCUT2D eigenvalue weighted by Gasteiger charge is -2.18. The summed E-state index contributed by atoms with van der Waals surface area (Å²) in [6.07, 6.45) is 49.6. The topological polar surface area (TPSA) is 78.9 Å². The normalized spacial score (nSPS) is 12.6. The van der Waals surface area contributed by atoms with E-state index in [2.05, 4.69) is 41.5 Å². The third-order valence-corrected chi connectivity index (χ3v) is 13.3. The second-order valence-corrected chi connectivity index (χ2v) is 20.8. The van der Waals surface area contributed by atoms with Crippen molar-refractivity contribution in [2.75, 3.05) is 13.2 Å². The zero-order valence-corrected chi connectivity index (χ0v) is 43.4. The summed E-state index contributed by atoms with van der Waals surface area (Å²) in [5.41, 5.74) is 0. The van der Waals surface area contributed by atoms with Gasteiger partial charge in [0.1, 0.15) is 13.2 Å². The number of ether oxygens (including phenoxy) is 3. The van der Waals surface area contributed by atoms with Gasteiger partial charge in [-0.15, -0.1) is 0 Å². The Morgan fingerprint density at radius 3 is 0.825 bits per heavy atom. The van der Waals surface area contributed by atoms with E-state index in [4.69, 9.17) is 14.2 Å². The van der Waals surface area contributed by atoms with Gasteiger partial charge in [-0.1, -0.05) is 273 Å². The molecule has 0 aliphatic heterocycles. The molecule has 0 aromatic carbocycles. The third-order valence-electron chi connectivity index (χ3n) is 13.3. The maximum atomic E-state index is 12.8. The third kappa shape index (κ3) is 49.7. The van der Waals surface area contributed by atoms with Gasteiger partial charge in [0, 0.05) is 19.3 Å². The lowest BCUT2D eigenvalue weighted by molar-refractivity contribution is -0.167. The van der Waals surface area contributed by atoms with Crippen molar-refractivity contribution >= 4 is 17.9 Å². The van der Waals surface area contributed by atoms with Crippen LogP contribution in [0.25, 0.3) is 0 Å². The molecule has 0 rings (SSSR count). The van der Waals surface area contributed by atoms with E-state index in [1.165, 1.54) is 193 Å². The molecular formula is C57H110O6. The summed E-state index contributed by atoms with van der Waals surface area (Å²) >= 11 is 0. The smallest absolute Gasteiger partial charge is 0.306 e. The lowest BCUT2D eigenvalue weighted by Crippen LogP contribution is -2.30. The van der Waals surface area contributed by atoms with Gasteiger partial charge in [-0.05, 0) is 37.0 Å². The van der Waals surface area contributed by atoms with Gasteiger partial charge in [-0.3, -0.25) is 14.4 Å². The number of carbonyl (C=O) groups excluding carboxylic acids is 3. The standard InChI is InChI=1S/C57H110O6/c1-7-53(6)45-39-33-27-20-16-14-12-10-8-9-11-13-15-17-21-28-34-40-46-55(58)61-49-54(50-62-56(59)47-41-35-29-24-23-26-32-38-44-52(4)5)63-57(60)48-42-36-30-22-18-19-25-31-37-43-51(2)3/h51-54H,7-50H2,1-6H3/t53?,54-/m0/s1. The Morgan fingerprint density at radius 2 is 0.556 bits per heavy atom. The van der Waals surface area contributed by atoms with Crippen LogP contribution in [-0.2, 0) is 28.6 Å². The minimum atomic E-state index is -0.763. The zero-order chi connectivity index (χ0) is 46.3. The average Bonchev–Trinajstić information content (AvgIpc) is 3.25. The van der Waals surface area contributed by atoms with Gasteiger partial charge < -0.3 is 14.2 Å². The molecule has 0 heterocycles. The summed E-state index contributed by atoms with van der Waals surface area (Å²) < 4.78 is 16.8. The molecule has 0 aromatic heterocycles. The summed E-state index contributed by atoms with van der Waals surface area (Å²) in [5, 5.41) is 0. The summed E-state index contributed by atoms with van der Waals surface area (Å²) in [5.74, 6) is 1.66. The number of hydrogen-bond donors (Lipinski definition) is 0. The highest BCUT2D eigenvalue weighted by Crippen LogP contribution is 2.19. The molecule has 0 fully saturated rings. The van der Waals surface area contributed by atoms with E-state index in [1.54, 1.807) is 0 Å². The first-order chi connectivity index (χ1) is 30.6. The predicted molar refractivity (Wildman–Crippen MR) is 270 cm³/mol. The molecule has 0 saturated carbocycles. The van der Waals surface area contributed by atoms with Gasteiger partial charge in [-0.2, -0.15) is 0 Å². The molecule has 0 radical (unpaired) electrons. The van der Waals surface area contributed by atoms with E-state index >= 15 is 0 Å². The van der Waals surface area contributed by atoms with Crippen molar-refractivity contribution in [2.24, 2.45) is 17.8 Å². The first kappa shape index (κ1) is 61.4. The fourth-order valence-electron chi connectivity index (χ4n) is 8.61. The van der Waals surface area contributed by atoms with Gasteiger partial charge in [0.25, 0.3) is 0 Å². The van der Waals surface area contributed by atoms with Crippen LogP contribution in [0.2, 0.25) is 0 Å². The molecule has 0 bridgehead atoms. The highest BCUT2D eigenvalue weighted by Gasteiger charge is 2.19. The Balaban J connectivity index is 4.19. The van der Waals surface area contributed by atoms with Gasteiger partial charge in [0.2, 0.25) is 0 Å². The number of carbonyl (C=O) groups is 3. The molecule has 63 heavy (non-hydrogen) atoms. The van der Waals surface area contributed by atoms with Crippen molar-refractivity contribution in [2.45, 2.75) is 317 Å². The van der Waals surface area contributed by atoms with Crippen LogP contribution in [0.15, 0.2) is 0 Å². The molecule has 0 aromatic rings. The minimum absolute atomic E-state index is 0.0646. The average molecular weight is 892 g/mol. The molecule has 374 valence electrons. The highest BCUT2D eigenvalue weighted by molar-refractivity contribution is 5.71. The van der Waals surface area contributed by atoms with Gasteiger partial charge >= 0.3 is 17.9 Å². The van der Waals surface area contributed by atoms with Crippen LogP contribution in [0, 0.1) is 17.8 Å².